The number of unbranched alkanes of at least 4 members (excludes halogenated alkanes) is 2. The number of para-hydroxylation sites is 1. The Balaban J connectivity index is 2.49. The molecule has 0 fully saturated rings. The number of terminal acetylenes is 1. The largest absolute Gasteiger partial charge is 0.508 e. The van der Waals surface area contributed by atoms with Crippen molar-refractivity contribution in [2.24, 2.45) is 0 Å². The van der Waals surface area contributed by atoms with Gasteiger partial charge in [0.1, 0.15) is 23.1 Å². The molecule has 210 valence electrons. The number of nitrogens with zero attached hydrogens (tertiary/aromatic N) is 1. The molecule has 0 bridgehead atoms. The van der Waals surface area contributed by atoms with Crippen LogP contribution < -0.4 is 10.6 Å². The molecule has 0 aromatic heterocycles. The average molecular weight is 538 g/mol. The zero-order valence-electron chi connectivity index (χ0n) is 23.3. The van der Waals surface area contributed by atoms with Crippen LogP contribution in [0.3, 0.4) is 0 Å². The van der Waals surface area contributed by atoms with E-state index in [0.29, 0.717) is 17.7 Å². The molecule has 0 saturated heterocycles. The van der Waals surface area contributed by atoms with Crippen LogP contribution in [0.2, 0.25) is 0 Å². The van der Waals surface area contributed by atoms with Gasteiger partial charge in [-0.25, -0.2) is 4.79 Å². The maximum absolute atomic E-state index is 13.9. The number of aromatic hydroxyl groups is 2. The lowest BCUT2D eigenvalue weighted by Crippen LogP contribution is -2.52. The predicted octanol–water partition coefficient (Wildman–Crippen LogP) is 4.31. The molecule has 2 unspecified atom stereocenters. The van der Waals surface area contributed by atoms with Crippen molar-refractivity contribution in [2.75, 3.05) is 6.54 Å². The summed E-state index contributed by atoms with van der Waals surface area (Å²) in [5.74, 6) is -1.42. The summed E-state index contributed by atoms with van der Waals surface area (Å²) >= 11 is 0. The van der Waals surface area contributed by atoms with E-state index in [1.165, 1.54) is 18.2 Å². The molecule has 2 atom stereocenters. The quantitative estimate of drug-likeness (QED) is 0.192. The lowest BCUT2D eigenvalue weighted by atomic mass is 9.98. The van der Waals surface area contributed by atoms with Crippen LogP contribution in [-0.4, -0.2) is 51.2 Å². The number of rotatable bonds is 11. The first kappa shape index (κ1) is 31.0. The summed E-state index contributed by atoms with van der Waals surface area (Å²) in [5, 5.41) is 25.9. The predicted molar refractivity (Wildman–Crippen MR) is 149 cm³/mol. The van der Waals surface area contributed by atoms with Crippen molar-refractivity contribution in [3.05, 3.63) is 59.2 Å². The molecule has 4 N–H and O–H groups in total. The highest BCUT2D eigenvalue weighted by Crippen LogP contribution is 2.32. The molecule has 2 aromatic rings. The van der Waals surface area contributed by atoms with Gasteiger partial charge in [0.05, 0.1) is 0 Å². The van der Waals surface area contributed by atoms with Gasteiger partial charge in [-0.05, 0) is 57.4 Å². The van der Waals surface area contributed by atoms with E-state index < -0.39 is 35.6 Å². The molecule has 0 aliphatic rings. The maximum atomic E-state index is 13.9. The molecule has 3 amide bonds. The van der Waals surface area contributed by atoms with Crippen molar-refractivity contribution < 1.29 is 29.3 Å². The highest BCUT2D eigenvalue weighted by molar-refractivity contribution is 5.93. The number of carbonyl (C=O) groups is 3. The standard InChI is InChI=1S/C30H39N3O6/c1-7-9-10-18-31-27(36)25(23-13-11-12-20(3)26(23)35)33(8-2)28(37)24(32-29(38)39-30(4,5)6)19-21-14-16-22(34)17-15-21/h2,11-17,24-25,34-35H,7,9-10,18-19H2,1,3-6H3,(H,31,36)(H,32,38). The fourth-order valence-electron chi connectivity index (χ4n) is 3.93. The van der Waals surface area contributed by atoms with Crippen molar-refractivity contribution in [3.63, 3.8) is 0 Å². The molecule has 0 radical (unpaired) electrons. The van der Waals surface area contributed by atoms with E-state index in [2.05, 4.69) is 16.7 Å². The van der Waals surface area contributed by atoms with Crippen LogP contribution in [0, 0.1) is 19.4 Å². The van der Waals surface area contributed by atoms with Crippen LogP contribution >= 0.6 is 0 Å². The Morgan fingerprint density at radius 2 is 1.74 bits per heavy atom. The second-order valence-electron chi connectivity index (χ2n) is 10.3. The minimum atomic E-state index is -1.35. The summed E-state index contributed by atoms with van der Waals surface area (Å²) in [5.41, 5.74) is 0.470. The lowest BCUT2D eigenvalue weighted by molar-refractivity contribution is -0.138. The summed E-state index contributed by atoms with van der Waals surface area (Å²) in [6, 6.07) is 10.7. The Labute approximate surface area is 230 Å². The van der Waals surface area contributed by atoms with E-state index in [0.717, 1.165) is 24.2 Å². The second-order valence-corrected chi connectivity index (χ2v) is 10.3. The Hall–Kier alpha value is -4.19. The van der Waals surface area contributed by atoms with Crippen LogP contribution in [0.15, 0.2) is 42.5 Å². The Kier molecular flexibility index (Phi) is 11.2. The number of phenolic OH excluding ortho intramolecular Hbond substituents is 2. The monoisotopic (exact) mass is 537 g/mol. The first-order chi connectivity index (χ1) is 18.4. The highest BCUT2D eigenvalue weighted by atomic mass is 16.6. The molecule has 0 heterocycles. The van der Waals surface area contributed by atoms with Crippen molar-refractivity contribution >= 4 is 17.9 Å². The number of nitrogens with one attached hydrogen (secondary N) is 2. The minimum Gasteiger partial charge on any atom is -0.508 e. The van der Waals surface area contributed by atoms with Gasteiger partial charge in [0, 0.05) is 24.6 Å². The van der Waals surface area contributed by atoms with Gasteiger partial charge in [-0.3, -0.25) is 14.5 Å². The number of phenols is 2. The number of benzene rings is 2. The van der Waals surface area contributed by atoms with Crippen molar-refractivity contribution in [2.45, 2.75) is 78.0 Å². The Morgan fingerprint density at radius 1 is 1.08 bits per heavy atom. The maximum Gasteiger partial charge on any atom is 0.408 e. The number of amides is 3. The number of ether oxygens (including phenoxy) is 1. The van der Waals surface area contributed by atoms with E-state index >= 15 is 0 Å². The SMILES string of the molecule is C#CN(C(=O)C(Cc1ccc(O)cc1)NC(=O)OC(C)(C)C)C(C(=O)NCCCCC)c1cccc(C)c1O. The van der Waals surface area contributed by atoms with Crippen LogP contribution in [0.4, 0.5) is 4.79 Å². The smallest absolute Gasteiger partial charge is 0.408 e. The van der Waals surface area contributed by atoms with Gasteiger partial charge in [0.2, 0.25) is 5.91 Å². The van der Waals surface area contributed by atoms with Gasteiger partial charge in [-0.2, -0.15) is 0 Å². The fourth-order valence-corrected chi connectivity index (χ4v) is 3.93. The number of hydrogen-bond donors (Lipinski definition) is 4. The topological polar surface area (TPSA) is 128 Å². The third-order valence-electron chi connectivity index (χ3n) is 5.89. The second kappa shape index (κ2) is 14.1. The number of alkyl carbamates (subject to hydrolysis) is 1. The van der Waals surface area contributed by atoms with Crippen molar-refractivity contribution in [3.8, 4) is 24.0 Å². The Morgan fingerprint density at radius 3 is 2.33 bits per heavy atom. The molecule has 0 saturated carbocycles. The average Bonchev–Trinajstić information content (AvgIpc) is 2.86. The summed E-state index contributed by atoms with van der Waals surface area (Å²) in [7, 11) is 0. The fraction of sp³-hybridized carbons (Fsp3) is 0.433. The molecular formula is C30H39N3O6. The highest BCUT2D eigenvalue weighted by Gasteiger charge is 2.37. The normalized spacial score (nSPS) is 12.5. The third kappa shape index (κ3) is 9.25. The molecule has 39 heavy (non-hydrogen) atoms. The van der Waals surface area contributed by atoms with Gasteiger partial charge >= 0.3 is 6.09 Å². The molecule has 0 spiro atoms. The molecule has 9 nitrogen and oxygen atoms in total. The van der Waals surface area contributed by atoms with Gasteiger partial charge in [-0.1, -0.05) is 56.5 Å². The van der Waals surface area contributed by atoms with E-state index in [1.807, 2.05) is 6.92 Å². The van der Waals surface area contributed by atoms with Crippen LogP contribution in [-0.2, 0) is 20.7 Å². The number of hydrogen-bond acceptors (Lipinski definition) is 6. The molecule has 0 aliphatic heterocycles. The molecule has 2 rings (SSSR count). The molecule has 0 aliphatic carbocycles. The van der Waals surface area contributed by atoms with E-state index in [9.17, 15) is 24.6 Å². The van der Waals surface area contributed by atoms with Crippen LogP contribution in [0.1, 0.15) is 69.7 Å². The van der Waals surface area contributed by atoms with E-state index in [-0.39, 0.29) is 23.5 Å². The van der Waals surface area contributed by atoms with Crippen LogP contribution in [0.25, 0.3) is 0 Å². The Bertz CT molecular complexity index is 1180. The molecule has 2 aromatic carbocycles. The summed E-state index contributed by atoms with van der Waals surface area (Å²) in [4.78, 5) is 41.0. The zero-order valence-corrected chi connectivity index (χ0v) is 23.3. The summed E-state index contributed by atoms with van der Waals surface area (Å²) < 4.78 is 5.36. The minimum absolute atomic E-state index is 0.00117. The first-order valence-corrected chi connectivity index (χ1v) is 13.0. The van der Waals surface area contributed by atoms with Gasteiger partial charge < -0.3 is 25.6 Å². The molecule has 9 heteroatoms. The van der Waals surface area contributed by atoms with Crippen molar-refractivity contribution in [1.82, 2.24) is 15.5 Å². The molecular weight excluding hydrogens is 498 g/mol. The van der Waals surface area contributed by atoms with E-state index in [4.69, 9.17) is 11.2 Å². The zero-order chi connectivity index (χ0) is 29.2. The van der Waals surface area contributed by atoms with Crippen LogP contribution in [0.5, 0.6) is 11.5 Å². The lowest BCUT2D eigenvalue weighted by Gasteiger charge is -2.31. The van der Waals surface area contributed by atoms with Gasteiger partial charge in [-0.15, -0.1) is 0 Å². The first-order valence-electron chi connectivity index (χ1n) is 13.0. The van der Waals surface area contributed by atoms with E-state index in [1.54, 1.807) is 52.0 Å². The van der Waals surface area contributed by atoms with Gasteiger partial charge in [0.15, 0.2) is 6.04 Å². The summed E-state index contributed by atoms with van der Waals surface area (Å²) in [6.45, 7) is 9.16. The number of carbonyl (C=O) groups excluding carboxylic acids is 3. The third-order valence-corrected chi connectivity index (χ3v) is 5.89. The van der Waals surface area contributed by atoms with Gasteiger partial charge in [0.25, 0.3) is 5.91 Å². The number of aryl methyl sites for hydroxylation is 1. The summed E-state index contributed by atoms with van der Waals surface area (Å²) in [6.07, 6.45) is 7.59. The van der Waals surface area contributed by atoms with Crippen molar-refractivity contribution in [1.29, 1.82) is 0 Å².